The summed E-state index contributed by atoms with van der Waals surface area (Å²) in [4.78, 5) is 2.51. The molecule has 12 heavy (non-hydrogen) atoms. The van der Waals surface area contributed by atoms with Gasteiger partial charge in [-0.1, -0.05) is 19.9 Å². The first kappa shape index (κ1) is 9.79. The average Bonchev–Trinajstić information content (AvgIpc) is 2.05. The van der Waals surface area contributed by atoms with E-state index in [0.29, 0.717) is 5.41 Å². The van der Waals surface area contributed by atoms with Crippen LogP contribution in [0.4, 0.5) is 0 Å². The number of piperidine rings is 1. The van der Waals surface area contributed by atoms with Crippen molar-refractivity contribution in [3.05, 3.63) is 12.7 Å². The summed E-state index contributed by atoms with van der Waals surface area (Å²) in [5.74, 6) is 0. The zero-order chi connectivity index (χ0) is 9.03. The monoisotopic (exact) mass is 167 g/mol. The standard InChI is InChI=1S/C11H21N/c1-4-8-12-9-6-7-11(3,5-2)10-12/h4H,1,5-10H2,2-3H3. The topological polar surface area (TPSA) is 3.24 Å². The molecule has 1 aliphatic heterocycles. The molecule has 1 fully saturated rings. The number of hydrogen-bond donors (Lipinski definition) is 0. The van der Waals surface area contributed by atoms with Gasteiger partial charge in [0, 0.05) is 13.1 Å². The molecule has 1 heteroatoms. The van der Waals surface area contributed by atoms with Gasteiger partial charge in [0.05, 0.1) is 0 Å². The number of hydrogen-bond acceptors (Lipinski definition) is 1. The van der Waals surface area contributed by atoms with Crippen LogP contribution in [0.5, 0.6) is 0 Å². The zero-order valence-corrected chi connectivity index (χ0v) is 8.47. The van der Waals surface area contributed by atoms with Crippen molar-refractivity contribution in [1.29, 1.82) is 0 Å². The fourth-order valence-electron chi connectivity index (χ4n) is 2.05. The normalized spacial score (nSPS) is 31.8. The minimum Gasteiger partial charge on any atom is -0.299 e. The third-order valence-corrected chi connectivity index (χ3v) is 3.10. The zero-order valence-electron chi connectivity index (χ0n) is 8.47. The van der Waals surface area contributed by atoms with E-state index in [2.05, 4.69) is 25.3 Å². The second kappa shape index (κ2) is 4.08. The van der Waals surface area contributed by atoms with E-state index in [9.17, 15) is 0 Å². The van der Waals surface area contributed by atoms with Gasteiger partial charge < -0.3 is 0 Å². The Hall–Kier alpha value is -0.300. The van der Waals surface area contributed by atoms with Crippen LogP contribution in [-0.2, 0) is 0 Å². The van der Waals surface area contributed by atoms with Gasteiger partial charge in [-0.05, 0) is 31.2 Å². The minimum atomic E-state index is 0.571. The summed E-state index contributed by atoms with van der Waals surface area (Å²) in [5.41, 5.74) is 0.571. The second-order valence-electron chi connectivity index (χ2n) is 4.29. The Balaban J connectivity index is 2.44. The Bertz CT molecular complexity index is 153. The van der Waals surface area contributed by atoms with Crippen LogP contribution in [0.25, 0.3) is 0 Å². The van der Waals surface area contributed by atoms with Crippen molar-refractivity contribution < 1.29 is 0 Å². The highest BCUT2D eigenvalue weighted by molar-refractivity contribution is 4.85. The predicted molar refractivity (Wildman–Crippen MR) is 54.3 cm³/mol. The summed E-state index contributed by atoms with van der Waals surface area (Å²) < 4.78 is 0. The Labute approximate surface area is 76.5 Å². The van der Waals surface area contributed by atoms with Gasteiger partial charge in [0.2, 0.25) is 0 Å². The summed E-state index contributed by atoms with van der Waals surface area (Å²) in [6.07, 6.45) is 6.08. The van der Waals surface area contributed by atoms with Crippen LogP contribution >= 0.6 is 0 Å². The highest BCUT2D eigenvalue weighted by atomic mass is 15.1. The average molecular weight is 167 g/mol. The summed E-state index contributed by atoms with van der Waals surface area (Å²) in [6, 6.07) is 0. The molecule has 1 rings (SSSR count). The maximum atomic E-state index is 3.79. The molecule has 1 heterocycles. The van der Waals surface area contributed by atoms with Gasteiger partial charge in [-0.3, -0.25) is 4.90 Å². The molecule has 0 aliphatic carbocycles. The quantitative estimate of drug-likeness (QED) is 0.584. The summed E-state index contributed by atoms with van der Waals surface area (Å²) in [7, 11) is 0. The van der Waals surface area contributed by atoms with Gasteiger partial charge >= 0.3 is 0 Å². The largest absolute Gasteiger partial charge is 0.299 e. The molecule has 0 saturated carbocycles. The fourth-order valence-corrected chi connectivity index (χ4v) is 2.05. The Morgan fingerprint density at radius 3 is 2.92 bits per heavy atom. The molecular weight excluding hydrogens is 146 g/mol. The molecular formula is C11H21N. The van der Waals surface area contributed by atoms with Crippen LogP contribution in [0.3, 0.4) is 0 Å². The lowest BCUT2D eigenvalue weighted by atomic mass is 9.80. The summed E-state index contributed by atoms with van der Waals surface area (Å²) >= 11 is 0. The third kappa shape index (κ3) is 2.34. The third-order valence-electron chi connectivity index (χ3n) is 3.10. The van der Waals surface area contributed by atoms with Gasteiger partial charge in [-0.2, -0.15) is 0 Å². The Kier molecular flexibility index (Phi) is 3.33. The highest BCUT2D eigenvalue weighted by Crippen LogP contribution is 2.32. The molecule has 0 N–H and O–H groups in total. The highest BCUT2D eigenvalue weighted by Gasteiger charge is 2.28. The van der Waals surface area contributed by atoms with Crippen molar-refractivity contribution in [2.45, 2.75) is 33.1 Å². The van der Waals surface area contributed by atoms with E-state index in [1.165, 1.54) is 32.4 Å². The van der Waals surface area contributed by atoms with E-state index >= 15 is 0 Å². The molecule has 0 spiro atoms. The number of nitrogens with zero attached hydrogens (tertiary/aromatic N) is 1. The lowest BCUT2D eigenvalue weighted by Crippen LogP contribution is -2.41. The molecule has 0 bridgehead atoms. The lowest BCUT2D eigenvalue weighted by Gasteiger charge is -2.39. The van der Waals surface area contributed by atoms with Crippen LogP contribution in [-0.4, -0.2) is 24.5 Å². The first-order chi connectivity index (χ1) is 5.70. The maximum Gasteiger partial charge on any atom is 0.0160 e. The van der Waals surface area contributed by atoms with Crippen molar-refractivity contribution in [2.75, 3.05) is 19.6 Å². The van der Waals surface area contributed by atoms with E-state index < -0.39 is 0 Å². The smallest absolute Gasteiger partial charge is 0.0160 e. The number of likely N-dealkylation sites (tertiary alicyclic amines) is 1. The van der Waals surface area contributed by atoms with Crippen molar-refractivity contribution in [1.82, 2.24) is 4.90 Å². The fraction of sp³-hybridized carbons (Fsp3) is 0.818. The maximum absolute atomic E-state index is 3.79. The summed E-state index contributed by atoms with van der Waals surface area (Å²) in [6.45, 7) is 12.1. The van der Waals surface area contributed by atoms with Crippen LogP contribution in [0, 0.1) is 5.41 Å². The first-order valence-electron chi connectivity index (χ1n) is 5.03. The molecule has 70 valence electrons. The van der Waals surface area contributed by atoms with Gasteiger partial charge in [0.1, 0.15) is 0 Å². The second-order valence-corrected chi connectivity index (χ2v) is 4.29. The van der Waals surface area contributed by atoms with Gasteiger partial charge in [0.15, 0.2) is 0 Å². The molecule has 0 aromatic rings. The van der Waals surface area contributed by atoms with Gasteiger partial charge in [0.25, 0.3) is 0 Å². The molecule has 0 amide bonds. The minimum absolute atomic E-state index is 0.571. The predicted octanol–water partition coefficient (Wildman–Crippen LogP) is 2.68. The lowest BCUT2D eigenvalue weighted by molar-refractivity contribution is 0.109. The molecule has 1 unspecified atom stereocenters. The Morgan fingerprint density at radius 1 is 1.58 bits per heavy atom. The molecule has 0 radical (unpaired) electrons. The van der Waals surface area contributed by atoms with Crippen molar-refractivity contribution in [3.8, 4) is 0 Å². The molecule has 1 aliphatic rings. The van der Waals surface area contributed by atoms with Gasteiger partial charge in [-0.15, -0.1) is 6.58 Å². The molecule has 0 aromatic heterocycles. The Morgan fingerprint density at radius 2 is 2.33 bits per heavy atom. The SMILES string of the molecule is C=CCN1CCCC(C)(CC)C1. The van der Waals surface area contributed by atoms with E-state index in [0.717, 1.165) is 6.54 Å². The van der Waals surface area contributed by atoms with Crippen LogP contribution in [0.1, 0.15) is 33.1 Å². The van der Waals surface area contributed by atoms with Crippen LogP contribution in [0.2, 0.25) is 0 Å². The van der Waals surface area contributed by atoms with Crippen LogP contribution in [0.15, 0.2) is 12.7 Å². The van der Waals surface area contributed by atoms with E-state index in [-0.39, 0.29) is 0 Å². The molecule has 1 atom stereocenters. The van der Waals surface area contributed by atoms with E-state index in [1.54, 1.807) is 0 Å². The van der Waals surface area contributed by atoms with Crippen molar-refractivity contribution >= 4 is 0 Å². The van der Waals surface area contributed by atoms with E-state index in [1.807, 2.05) is 6.08 Å². The van der Waals surface area contributed by atoms with Crippen molar-refractivity contribution in [3.63, 3.8) is 0 Å². The van der Waals surface area contributed by atoms with Crippen molar-refractivity contribution in [2.24, 2.45) is 5.41 Å². The van der Waals surface area contributed by atoms with E-state index in [4.69, 9.17) is 0 Å². The first-order valence-corrected chi connectivity index (χ1v) is 5.03. The van der Waals surface area contributed by atoms with Gasteiger partial charge in [-0.25, -0.2) is 0 Å². The molecule has 1 saturated heterocycles. The summed E-state index contributed by atoms with van der Waals surface area (Å²) in [5, 5.41) is 0. The number of rotatable bonds is 3. The molecule has 0 aromatic carbocycles. The molecule has 1 nitrogen and oxygen atoms in total. The van der Waals surface area contributed by atoms with Crippen LogP contribution < -0.4 is 0 Å².